The third-order valence-corrected chi connectivity index (χ3v) is 13.4. The highest BCUT2D eigenvalue weighted by atomic mass is 16.8. The van der Waals surface area contributed by atoms with Crippen molar-refractivity contribution in [1.29, 1.82) is 0 Å². The molecular weight excluding hydrogens is 1010 g/mol. The molecule has 1 aromatic carbocycles. The van der Waals surface area contributed by atoms with Crippen molar-refractivity contribution in [2.45, 2.75) is 194 Å². The first-order valence-electron chi connectivity index (χ1n) is 24.4. The maximum Gasteiger partial charge on any atom is 0.364 e. The van der Waals surface area contributed by atoms with E-state index in [-0.39, 0.29) is 24.6 Å². The number of carbonyl (C=O) groups is 4. The van der Waals surface area contributed by atoms with E-state index in [1.54, 1.807) is 0 Å². The summed E-state index contributed by atoms with van der Waals surface area (Å²) in [6.07, 6.45) is -31.9. The van der Waals surface area contributed by atoms with Crippen LogP contribution in [0.3, 0.4) is 0 Å². The van der Waals surface area contributed by atoms with Gasteiger partial charge in [-0.25, -0.2) is 4.79 Å². The van der Waals surface area contributed by atoms with Gasteiger partial charge >= 0.3 is 11.9 Å². The van der Waals surface area contributed by atoms with E-state index in [9.17, 15) is 90.7 Å². The van der Waals surface area contributed by atoms with Crippen molar-refractivity contribution in [3.05, 3.63) is 23.8 Å². The molecular formula is C46H72N2O27. The van der Waals surface area contributed by atoms with Crippen LogP contribution in [0.4, 0.5) is 0 Å². The van der Waals surface area contributed by atoms with E-state index in [0.29, 0.717) is 19.3 Å². The number of methoxy groups -OCH3 is 1. The molecule has 5 rings (SSSR count). The predicted octanol–water partition coefficient (Wildman–Crippen LogP) is -5.59. The van der Waals surface area contributed by atoms with Crippen LogP contribution in [-0.4, -0.2) is 257 Å². The van der Waals surface area contributed by atoms with Gasteiger partial charge in [-0.1, -0.05) is 25.7 Å². The monoisotopic (exact) mass is 1080 g/mol. The van der Waals surface area contributed by atoms with Gasteiger partial charge in [0, 0.05) is 31.9 Å². The number of hydrogen-bond donors (Lipinski definition) is 16. The van der Waals surface area contributed by atoms with Gasteiger partial charge in [-0.2, -0.15) is 0 Å². The minimum atomic E-state index is -3.18. The average Bonchev–Trinajstić information content (AvgIpc) is 3.38. The van der Waals surface area contributed by atoms with Crippen molar-refractivity contribution in [1.82, 2.24) is 10.6 Å². The van der Waals surface area contributed by atoms with Crippen LogP contribution in [0, 0.1) is 0 Å². The lowest BCUT2D eigenvalue weighted by molar-refractivity contribution is -0.391. The molecule has 0 spiro atoms. The summed E-state index contributed by atoms with van der Waals surface area (Å²) in [6.45, 7) is -0.928. The molecule has 29 nitrogen and oxygen atoms in total. The van der Waals surface area contributed by atoms with E-state index in [0.717, 1.165) is 44.4 Å². The number of esters is 1. The number of phenolic OH excluding ortho intramolecular Hbond substituents is 2. The molecule has 2 amide bonds. The minimum absolute atomic E-state index is 0.0654. The van der Waals surface area contributed by atoms with Crippen molar-refractivity contribution in [3.63, 3.8) is 0 Å². The fourth-order valence-electron chi connectivity index (χ4n) is 9.16. The van der Waals surface area contributed by atoms with Gasteiger partial charge in [0.1, 0.15) is 85.4 Å². The Morgan fingerprint density at radius 1 is 0.733 bits per heavy atom. The van der Waals surface area contributed by atoms with Crippen molar-refractivity contribution >= 4 is 23.8 Å². The highest BCUT2D eigenvalue weighted by Gasteiger charge is 2.61. The normalized spacial score (nSPS) is 37.0. The first-order valence-corrected chi connectivity index (χ1v) is 24.4. The first-order chi connectivity index (χ1) is 35.5. The van der Waals surface area contributed by atoms with Crippen LogP contribution in [0.25, 0.3) is 0 Å². The molecule has 4 aliphatic heterocycles. The van der Waals surface area contributed by atoms with Crippen molar-refractivity contribution < 1.29 is 133 Å². The summed E-state index contributed by atoms with van der Waals surface area (Å²) in [7, 11) is 1.30. The number of aromatic hydroxyl groups is 2. The van der Waals surface area contributed by atoms with Crippen LogP contribution in [-0.2, 0) is 57.0 Å². The number of ether oxygens (including phenoxy) is 9. The maximum atomic E-state index is 14.1. The van der Waals surface area contributed by atoms with Gasteiger partial charge in [-0.3, -0.25) is 14.4 Å². The molecule has 29 heteroatoms. The lowest BCUT2D eigenvalue weighted by Gasteiger charge is -2.51. The first kappa shape index (κ1) is 61.8. The fraction of sp³-hybridized carbons (Fsp3) is 0.783. The molecule has 0 saturated carbocycles. The van der Waals surface area contributed by atoms with E-state index in [2.05, 4.69) is 15.4 Å². The Morgan fingerprint density at radius 2 is 1.36 bits per heavy atom. The Kier molecular flexibility index (Phi) is 23.1. The summed E-state index contributed by atoms with van der Waals surface area (Å²) in [5.41, 5.74) is -0.255. The molecule has 4 aliphatic rings. The van der Waals surface area contributed by atoms with Gasteiger partial charge in [-0.15, -0.1) is 0 Å². The van der Waals surface area contributed by atoms with Crippen LogP contribution < -0.4 is 10.6 Å². The zero-order valence-electron chi connectivity index (χ0n) is 41.3. The number of aliphatic hydroxyl groups excluding tert-OH is 11. The number of benzene rings is 1. The standard InChI is InChI=1S/C46H72N2O27/c1-19-31(58)34(61)35(62)43(69-19)73-39-30(48-41(64)21-11-12-22(53)23(54)14-21)42(68-13-9-7-5-4-6-8-10-28(57)67-3)71-27(18-51)37(39)72-44-36(63)40(33(60)26(17-50)70-44)75-46(45(65)66)15-24(55)29(47-20(2)52)38(74-46)32(59)25(56)16-49/h11-12,14,19,24-27,29-40,42-44,49-51,53-56,58-63H,4-10,13,15-18H2,1-3H3,(H,47,52)(H,48,64)(H,65,66)/t19?,24?,25?,26?,27?,29-,30?,31+,32?,33-,34?,35?,36?,37+,38?,39?,40?,42-,43+,44?,46+/m1/s1. The number of phenols is 2. The molecule has 0 bridgehead atoms. The Bertz CT molecular complexity index is 2010. The maximum absolute atomic E-state index is 14.1. The molecule has 0 aliphatic carbocycles. The molecule has 0 aromatic heterocycles. The second-order valence-corrected chi connectivity index (χ2v) is 18.8. The number of hydrogen-bond acceptors (Lipinski definition) is 26. The smallest absolute Gasteiger partial charge is 0.364 e. The van der Waals surface area contributed by atoms with Gasteiger partial charge < -0.3 is 125 Å². The van der Waals surface area contributed by atoms with Crippen molar-refractivity contribution in [3.8, 4) is 11.5 Å². The third-order valence-electron chi connectivity index (χ3n) is 13.4. The Labute approximate surface area is 429 Å². The molecule has 14 unspecified atom stereocenters. The summed E-state index contributed by atoms with van der Waals surface area (Å²) in [6, 6.07) is -0.258. The summed E-state index contributed by atoms with van der Waals surface area (Å²) in [5.74, 6) is -8.63. The minimum Gasteiger partial charge on any atom is -0.504 e. The van der Waals surface area contributed by atoms with Crippen molar-refractivity contribution in [2.75, 3.05) is 33.5 Å². The summed E-state index contributed by atoms with van der Waals surface area (Å²) < 4.78 is 52.6. The fourth-order valence-corrected chi connectivity index (χ4v) is 9.16. The van der Waals surface area contributed by atoms with Crippen LogP contribution in [0.5, 0.6) is 11.5 Å². The molecule has 4 fully saturated rings. The number of carboxylic acid groups (broad SMARTS) is 1. The quantitative estimate of drug-likeness (QED) is 0.0247. The summed E-state index contributed by atoms with van der Waals surface area (Å²) >= 11 is 0. The lowest BCUT2D eigenvalue weighted by atomic mass is 9.88. The van der Waals surface area contributed by atoms with Gasteiger partial charge in [0.2, 0.25) is 5.91 Å². The largest absolute Gasteiger partial charge is 0.504 e. The van der Waals surface area contributed by atoms with Crippen LogP contribution in [0.15, 0.2) is 18.2 Å². The number of unbranched alkanes of at least 4 members (excludes halogenated alkanes) is 5. The number of carboxylic acids is 1. The Hall–Kier alpha value is -4.06. The Morgan fingerprint density at radius 3 is 1.97 bits per heavy atom. The van der Waals surface area contributed by atoms with Gasteiger partial charge in [0.05, 0.1) is 45.2 Å². The molecule has 16 N–H and O–H groups in total. The topological polar surface area (TPSA) is 459 Å². The number of nitrogens with one attached hydrogen (secondary N) is 2. The molecule has 4 heterocycles. The molecule has 428 valence electrons. The zero-order valence-corrected chi connectivity index (χ0v) is 41.3. The number of aliphatic hydroxyl groups is 11. The number of carbonyl (C=O) groups excluding carboxylic acids is 3. The van der Waals surface area contributed by atoms with Gasteiger partial charge in [0.15, 0.2) is 30.4 Å². The molecule has 1 aromatic rings. The molecule has 0 radical (unpaired) electrons. The molecule has 4 saturated heterocycles. The zero-order chi connectivity index (χ0) is 55.5. The number of aliphatic carboxylic acids is 1. The van der Waals surface area contributed by atoms with Gasteiger partial charge in [-0.05, 0) is 38.0 Å². The van der Waals surface area contributed by atoms with Crippen LogP contribution in [0.1, 0.15) is 75.6 Å². The number of amides is 2. The van der Waals surface area contributed by atoms with Crippen LogP contribution in [0.2, 0.25) is 0 Å². The summed E-state index contributed by atoms with van der Waals surface area (Å²) in [4.78, 5) is 50.8. The van der Waals surface area contributed by atoms with E-state index in [4.69, 9.17) is 37.9 Å². The molecule has 75 heavy (non-hydrogen) atoms. The second kappa shape index (κ2) is 28.0. The predicted molar refractivity (Wildman–Crippen MR) is 244 cm³/mol. The Balaban J connectivity index is 1.52. The lowest BCUT2D eigenvalue weighted by Crippen LogP contribution is -2.71. The van der Waals surface area contributed by atoms with Gasteiger partial charge in [0.25, 0.3) is 11.7 Å². The SMILES string of the molecule is COC(=O)CCCCCCCCO[C@@H]1OC(CO)[C@H](OC2OC(CO)[C@@H](O)C(O[C@]3(C(=O)O)CC(O)[C@@H](NC(C)=O)C(C(O)C(O)CO)O3)C2O)C(O[C@@H]2OC(C)[C@H](O)C(O)C2O)C1NC(=O)c1ccc(O)c(O)c1. The van der Waals surface area contributed by atoms with E-state index in [1.165, 1.54) is 14.0 Å². The summed E-state index contributed by atoms with van der Waals surface area (Å²) in [5, 5.41) is 155. The highest BCUT2D eigenvalue weighted by Crippen LogP contribution is 2.39. The van der Waals surface area contributed by atoms with Crippen LogP contribution >= 0.6 is 0 Å². The third kappa shape index (κ3) is 15.2. The van der Waals surface area contributed by atoms with E-state index >= 15 is 0 Å². The van der Waals surface area contributed by atoms with Crippen molar-refractivity contribution in [2.24, 2.45) is 0 Å². The van der Waals surface area contributed by atoms with E-state index < -0.39 is 184 Å². The molecule has 21 atom stereocenters. The average molecular weight is 1090 g/mol. The number of rotatable bonds is 25. The van der Waals surface area contributed by atoms with E-state index in [1.807, 2.05) is 0 Å². The second-order valence-electron chi connectivity index (χ2n) is 18.8. The highest BCUT2D eigenvalue weighted by molar-refractivity contribution is 5.95.